The van der Waals surface area contributed by atoms with E-state index < -0.39 is 0 Å². The molecule has 0 saturated carbocycles. The number of H-pyrrole nitrogens is 2. The van der Waals surface area contributed by atoms with Crippen LogP contribution in [0.5, 0.6) is 0 Å². The number of fused-ring (bicyclic) bond motifs is 1. The second kappa shape index (κ2) is 6.36. The Morgan fingerprint density at radius 3 is 2.94 bits per heavy atom. The van der Waals surface area contributed by atoms with E-state index in [0.717, 1.165) is 19.5 Å². The minimum atomic E-state index is -0.182. The van der Waals surface area contributed by atoms with Gasteiger partial charge in [-0.3, -0.25) is 14.9 Å². The Morgan fingerprint density at radius 2 is 2.22 bits per heavy atom. The zero-order valence-corrected chi connectivity index (χ0v) is 11.2. The number of nitrogens with one attached hydrogen (secondary N) is 3. The van der Waals surface area contributed by atoms with Crippen molar-refractivity contribution in [3.8, 4) is 0 Å². The lowest BCUT2D eigenvalue weighted by Crippen LogP contribution is -2.18. The quantitative estimate of drug-likeness (QED) is 0.687. The molecule has 0 aliphatic rings. The van der Waals surface area contributed by atoms with Crippen molar-refractivity contribution < 1.29 is 0 Å². The molecule has 0 atom stereocenters. The number of nitrogens with zero attached hydrogens (tertiary/aromatic N) is 3. The SMILES string of the molecule is CN(C)CCCNc1nc2[nH]ncc2c(=O)[nH]1.Cl. The Kier molecular flexibility index (Phi) is 5.11. The minimum absolute atomic E-state index is 0. The van der Waals surface area contributed by atoms with Gasteiger partial charge in [-0.05, 0) is 27.1 Å². The second-order valence-corrected chi connectivity index (χ2v) is 4.13. The van der Waals surface area contributed by atoms with Crippen LogP contribution in [0.1, 0.15) is 6.42 Å². The Labute approximate surface area is 110 Å². The minimum Gasteiger partial charge on any atom is -0.356 e. The number of hydrogen-bond acceptors (Lipinski definition) is 5. The highest BCUT2D eigenvalue weighted by atomic mass is 35.5. The van der Waals surface area contributed by atoms with Crippen LogP contribution in [0.25, 0.3) is 11.0 Å². The summed E-state index contributed by atoms with van der Waals surface area (Å²) in [7, 11) is 4.05. The van der Waals surface area contributed by atoms with Crippen molar-refractivity contribution in [3.63, 3.8) is 0 Å². The van der Waals surface area contributed by atoms with Crippen molar-refractivity contribution in [2.24, 2.45) is 0 Å². The molecule has 0 spiro atoms. The first-order valence-corrected chi connectivity index (χ1v) is 5.49. The number of aromatic nitrogens is 4. The summed E-state index contributed by atoms with van der Waals surface area (Å²) in [5.41, 5.74) is 0.322. The first-order valence-electron chi connectivity index (χ1n) is 5.49. The van der Waals surface area contributed by atoms with Crippen LogP contribution in [0.2, 0.25) is 0 Å². The third-order valence-corrected chi connectivity index (χ3v) is 2.39. The van der Waals surface area contributed by atoms with Gasteiger partial charge in [0.2, 0.25) is 5.95 Å². The van der Waals surface area contributed by atoms with E-state index in [9.17, 15) is 4.79 Å². The van der Waals surface area contributed by atoms with Crippen LogP contribution in [-0.4, -0.2) is 52.3 Å². The summed E-state index contributed by atoms with van der Waals surface area (Å²) in [6, 6.07) is 0. The van der Waals surface area contributed by atoms with Gasteiger partial charge in [0.15, 0.2) is 5.65 Å². The number of hydrogen-bond donors (Lipinski definition) is 3. The molecular formula is C10H17ClN6O. The first kappa shape index (κ1) is 14.5. The smallest absolute Gasteiger partial charge is 0.263 e. The van der Waals surface area contributed by atoms with Crippen LogP contribution >= 0.6 is 12.4 Å². The fourth-order valence-corrected chi connectivity index (χ4v) is 1.53. The van der Waals surface area contributed by atoms with E-state index in [4.69, 9.17) is 0 Å². The molecule has 18 heavy (non-hydrogen) atoms. The summed E-state index contributed by atoms with van der Waals surface area (Å²) in [5.74, 6) is 0.477. The molecule has 0 bridgehead atoms. The topological polar surface area (TPSA) is 89.7 Å². The van der Waals surface area contributed by atoms with Crippen LogP contribution in [0.15, 0.2) is 11.0 Å². The third kappa shape index (κ3) is 3.44. The molecule has 0 unspecified atom stereocenters. The fraction of sp³-hybridized carbons (Fsp3) is 0.500. The van der Waals surface area contributed by atoms with Gasteiger partial charge in [-0.25, -0.2) is 0 Å². The van der Waals surface area contributed by atoms with Crippen LogP contribution < -0.4 is 10.9 Å². The number of rotatable bonds is 5. The first-order chi connectivity index (χ1) is 8.16. The molecule has 2 aromatic rings. The summed E-state index contributed by atoms with van der Waals surface area (Å²) in [6.07, 6.45) is 2.45. The Hall–Kier alpha value is -1.60. The summed E-state index contributed by atoms with van der Waals surface area (Å²) < 4.78 is 0. The maximum atomic E-state index is 11.6. The van der Waals surface area contributed by atoms with Gasteiger partial charge in [-0.15, -0.1) is 12.4 Å². The molecule has 100 valence electrons. The lowest BCUT2D eigenvalue weighted by molar-refractivity contribution is 0.405. The van der Waals surface area contributed by atoms with Crippen molar-refractivity contribution in [2.45, 2.75) is 6.42 Å². The Morgan fingerprint density at radius 1 is 1.44 bits per heavy atom. The monoisotopic (exact) mass is 272 g/mol. The number of halogens is 1. The van der Waals surface area contributed by atoms with E-state index in [1.807, 2.05) is 14.1 Å². The van der Waals surface area contributed by atoms with Gasteiger partial charge in [0.1, 0.15) is 5.39 Å². The van der Waals surface area contributed by atoms with Crippen molar-refractivity contribution >= 4 is 29.4 Å². The molecule has 0 amide bonds. The standard InChI is InChI=1S/C10H16N6O.ClH/c1-16(2)5-3-4-11-10-13-8-7(6-12-15-8)9(17)14-10;/h6H,3-5H2,1-2H3,(H3,11,12,13,14,15,17);1H. The van der Waals surface area contributed by atoms with Crippen LogP contribution in [0.3, 0.4) is 0 Å². The van der Waals surface area contributed by atoms with E-state index in [2.05, 4.69) is 30.4 Å². The van der Waals surface area contributed by atoms with E-state index in [1.54, 1.807) is 0 Å². The van der Waals surface area contributed by atoms with E-state index in [1.165, 1.54) is 6.20 Å². The predicted molar refractivity (Wildman–Crippen MR) is 73.4 cm³/mol. The molecule has 7 nitrogen and oxygen atoms in total. The molecule has 0 fully saturated rings. The van der Waals surface area contributed by atoms with Crippen molar-refractivity contribution in [2.75, 3.05) is 32.5 Å². The van der Waals surface area contributed by atoms with Gasteiger partial charge >= 0.3 is 0 Å². The average Bonchev–Trinajstić information content (AvgIpc) is 2.72. The van der Waals surface area contributed by atoms with Crippen molar-refractivity contribution in [1.29, 1.82) is 0 Å². The van der Waals surface area contributed by atoms with Gasteiger partial charge in [0.25, 0.3) is 5.56 Å². The molecule has 0 aliphatic carbocycles. The van der Waals surface area contributed by atoms with E-state index >= 15 is 0 Å². The molecule has 0 radical (unpaired) electrons. The molecule has 2 aromatic heterocycles. The van der Waals surface area contributed by atoms with Crippen LogP contribution in [-0.2, 0) is 0 Å². The number of aromatic amines is 2. The van der Waals surface area contributed by atoms with E-state index in [-0.39, 0.29) is 18.0 Å². The van der Waals surface area contributed by atoms with Crippen LogP contribution in [0.4, 0.5) is 5.95 Å². The average molecular weight is 273 g/mol. The highest BCUT2D eigenvalue weighted by molar-refractivity contribution is 5.85. The van der Waals surface area contributed by atoms with Crippen LogP contribution in [0, 0.1) is 0 Å². The summed E-state index contributed by atoms with van der Waals surface area (Å²) >= 11 is 0. The summed E-state index contributed by atoms with van der Waals surface area (Å²) in [6.45, 7) is 1.75. The molecule has 0 aliphatic heterocycles. The molecule has 8 heteroatoms. The maximum Gasteiger partial charge on any atom is 0.263 e. The molecule has 2 heterocycles. The zero-order chi connectivity index (χ0) is 12.3. The molecule has 0 aromatic carbocycles. The lowest BCUT2D eigenvalue weighted by atomic mass is 10.4. The van der Waals surface area contributed by atoms with Gasteiger partial charge in [0, 0.05) is 6.54 Å². The Bertz CT molecular complexity index is 549. The maximum absolute atomic E-state index is 11.6. The van der Waals surface area contributed by atoms with E-state index in [0.29, 0.717) is 17.0 Å². The van der Waals surface area contributed by atoms with Gasteiger partial charge in [-0.2, -0.15) is 10.1 Å². The molecule has 3 N–H and O–H groups in total. The normalized spacial score (nSPS) is 10.6. The highest BCUT2D eigenvalue weighted by Gasteiger charge is 2.04. The van der Waals surface area contributed by atoms with Crippen molar-refractivity contribution in [3.05, 3.63) is 16.6 Å². The second-order valence-electron chi connectivity index (χ2n) is 4.13. The molecule has 0 saturated heterocycles. The van der Waals surface area contributed by atoms with Crippen molar-refractivity contribution in [1.82, 2.24) is 25.1 Å². The van der Waals surface area contributed by atoms with Gasteiger partial charge < -0.3 is 10.2 Å². The predicted octanol–water partition coefficient (Wildman–Crippen LogP) is 0.432. The third-order valence-electron chi connectivity index (χ3n) is 2.39. The van der Waals surface area contributed by atoms with Gasteiger partial charge in [-0.1, -0.05) is 0 Å². The Balaban J connectivity index is 0.00000162. The highest BCUT2D eigenvalue weighted by Crippen LogP contribution is 2.03. The summed E-state index contributed by atoms with van der Waals surface area (Å²) in [4.78, 5) is 20.6. The number of anilines is 1. The summed E-state index contributed by atoms with van der Waals surface area (Å²) in [5, 5.41) is 10.0. The zero-order valence-electron chi connectivity index (χ0n) is 10.4. The molecule has 2 rings (SSSR count). The van der Waals surface area contributed by atoms with Gasteiger partial charge in [0.05, 0.1) is 6.20 Å². The largest absolute Gasteiger partial charge is 0.356 e. The molecular weight excluding hydrogens is 256 g/mol. The fourth-order valence-electron chi connectivity index (χ4n) is 1.53. The lowest BCUT2D eigenvalue weighted by Gasteiger charge is -2.09.